The van der Waals surface area contributed by atoms with Crippen LogP contribution in [0.15, 0.2) is 36.5 Å². The van der Waals surface area contributed by atoms with Crippen LogP contribution in [0.2, 0.25) is 0 Å². The Morgan fingerprint density at radius 1 is 1.14 bits per heavy atom. The van der Waals surface area contributed by atoms with Gasteiger partial charge in [0, 0.05) is 25.8 Å². The number of hydrogen-bond acceptors (Lipinski definition) is 5. The molecule has 2 bridgehead atoms. The largest absolute Gasteiger partial charge is 0.366 e. The lowest BCUT2D eigenvalue weighted by molar-refractivity contribution is 0.0947. The van der Waals surface area contributed by atoms with Gasteiger partial charge in [0.1, 0.15) is 11.5 Å². The van der Waals surface area contributed by atoms with E-state index in [1.807, 2.05) is 12.1 Å². The Kier molecular flexibility index (Phi) is 4.11. The van der Waals surface area contributed by atoms with E-state index in [0.29, 0.717) is 29.8 Å². The van der Waals surface area contributed by atoms with Crippen LogP contribution in [0.4, 0.5) is 22.1 Å². The first-order valence-electron chi connectivity index (χ1n) is 9.74. The Bertz CT molecular complexity index is 914. The predicted molar refractivity (Wildman–Crippen MR) is 106 cm³/mol. The predicted octanol–water partition coefficient (Wildman–Crippen LogP) is 2.25. The molecule has 1 aliphatic carbocycles. The highest BCUT2D eigenvalue weighted by atomic mass is 16.2. The van der Waals surface area contributed by atoms with Crippen molar-refractivity contribution in [1.29, 1.82) is 0 Å². The highest BCUT2D eigenvalue weighted by Gasteiger charge is 2.40. The normalized spacial score (nSPS) is 19.9. The maximum Gasteiger partial charge on any atom is 0.329 e. The number of amides is 3. The first-order chi connectivity index (χ1) is 13.7. The molecule has 144 valence electrons. The van der Waals surface area contributed by atoms with Gasteiger partial charge >= 0.3 is 6.03 Å². The van der Waals surface area contributed by atoms with Gasteiger partial charge in [0.05, 0.1) is 11.7 Å². The van der Waals surface area contributed by atoms with Crippen molar-refractivity contribution in [3.63, 3.8) is 0 Å². The van der Waals surface area contributed by atoms with E-state index in [0.717, 1.165) is 25.2 Å². The maximum atomic E-state index is 13.0. The number of aromatic nitrogens is 2. The van der Waals surface area contributed by atoms with Crippen LogP contribution in [0.3, 0.4) is 0 Å². The minimum absolute atomic E-state index is 0.0356. The molecule has 1 atom stereocenters. The lowest BCUT2D eigenvalue weighted by atomic mass is 10.1. The van der Waals surface area contributed by atoms with Gasteiger partial charge in [-0.1, -0.05) is 6.07 Å². The van der Waals surface area contributed by atoms with Gasteiger partial charge in [0.25, 0.3) is 5.91 Å². The fourth-order valence-electron chi connectivity index (χ4n) is 3.85. The van der Waals surface area contributed by atoms with Gasteiger partial charge in [-0.25, -0.2) is 14.8 Å². The number of anilines is 3. The third-order valence-electron chi connectivity index (χ3n) is 5.55. The summed E-state index contributed by atoms with van der Waals surface area (Å²) in [6, 6.07) is 8.78. The molecule has 5 rings (SSSR count). The van der Waals surface area contributed by atoms with E-state index in [1.54, 1.807) is 29.3 Å². The number of fused-ring (bicyclic) bond motifs is 4. The third kappa shape index (κ3) is 3.15. The van der Waals surface area contributed by atoms with Crippen molar-refractivity contribution in [2.24, 2.45) is 5.92 Å². The van der Waals surface area contributed by atoms with Crippen LogP contribution in [-0.4, -0.2) is 47.6 Å². The van der Waals surface area contributed by atoms with Gasteiger partial charge in [-0.15, -0.1) is 0 Å². The quantitative estimate of drug-likeness (QED) is 0.852. The average molecular weight is 378 g/mol. The summed E-state index contributed by atoms with van der Waals surface area (Å²) in [6.45, 7) is 2.34. The number of hydrogen-bond donors (Lipinski definition) is 2. The Hall–Kier alpha value is -3.16. The molecule has 3 amide bonds. The zero-order valence-corrected chi connectivity index (χ0v) is 15.5. The van der Waals surface area contributed by atoms with Crippen LogP contribution < -0.4 is 20.4 Å². The first kappa shape index (κ1) is 17.0. The lowest BCUT2D eigenvalue weighted by Gasteiger charge is -2.35. The van der Waals surface area contributed by atoms with Gasteiger partial charge in [-0.2, -0.15) is 0 Å². The van der Waals surface area contributed by atoms with Gasteiger partial charge in [0.15, 0.2) is 5.82 Å². The van der Waals surface area contributed by atoms with Crippen LogP contribution in [-0.2, 0) is 0 Å². The summed E-state index contributed by atoms with van der Waals surface area (Å²) in [6.07, 6.45) is 4.86. The van der Waals surface area contributed by atoms with E-state index in [9.17, 15) is 9.59 Å². The number of pyridine rings is 2. The molecule has 2 N–H and O–H groups in total. The van der Waals surface area contributed by atoms with E-state index >= 15 is 0 Å². The zero-order chi connectivity index (χ0) is 19.1. The summed E-state index contributed by atoms with van der Waals surface area (Å²) in [4.78, 5) is 38.2. The number of carbonyl (C=O) groups excluding carboxylic acids is 2. The molecule has 0 aromatic carbocycles. The monoisotopic (exact) mass is 378 g/mol. The van der Waals surface area contributed by atoms with Crippen molar-refractivity contribution >= 4 is 29.3 Å². The van der Waals surface area contributed by atoms with E-state index < -0.39 is 0 Å². The van der Waals surface area contributed by atoms with Crippen molar-refractivity contribution < 1.29 is 9.59 Å². The fourth-order valence-corrected chi connectivity index (χ4v) is 3.85. The molecule has 1 saturated carbocycles. The zero-order valence-electron chi connectivity index (χ0n) is 15.5. The van der Waals surface area contributed by atoms with Crippen molar-refractivity contribution in [1.82, 2.24) is 15.3 Å². The molecule has 2 aliphatic heterocycles. The molecule has 2 aromatic heterocycles. The molecule has 2 fully saturated rings. The second-order valence-electron chi connectivity index (χ2n) is 7.60. The standard InChI is InChI=1S/C20H22N6O2/c27-19(22-11-13-4-5-13)15-6-7-16-18(23-15)26(14-8-10-25(16)12-14)20(28)24-17-3-1-2-9-21-17/h1-3,6-7,9,13-14H,4-5,8,10-12H2,(H,22,27)(H,21,24,28). The number of urea groups is 1. The van der Waals surface area contributed by atoms with Crippen molar-refractivity contribution in [3.05, 3.63) is 42.2 Å². The van der Waals surface area contributed by atoms with Crippen molar-refractivity contribution in [2.75, 3.05) is 34.8 Å². The molecule has 3 aliphatic rings. The van der Waals surface area contributed by atoms with Crippen LogP contribution in [0.1, 0.15) is 29.8 Å². The topological polar surface area (TPSA) is 90.5 Å². The Morgan fingerprint density at radius 2 is 2.04 bits per heavy atom. The van der Waals surface area contributed by atoms with Crippen molar-refractivity contribution in [2.45, 2.75) is 25.3 Å². The highest BCUT2D eigenvalue weighted by Crippen LogP contribution is 2.39. The maximum absolute atomic E-state index is 13.0. The van der Waals surface area contributed by atoms with Gasteiger partial charge in [-0.3, -0.25) is 15.0 Å². The summed E-state index contributed by atoms with van der Waals surface area (Å²) in [5, 5.41) is 5.79. The van der Waals surface area contributed by atoms with E-state index in [4.69, 9.17) is 0 Å². The van der Waals surface area contributed by atoms with Crippen LogP contribution >= 0.6 is 0 Å². The van der Waals surface area contributed by atoms with Gasteiger partial charge in [0.2, 0.25) is 0 Å². The number of carbonyl (C=O) groups is 2. The summed E-state index contributed by atoms with van der Waals surface area (Å²) < 4.78 is 0. The molecular weight excluding hydrogens is 356 g/mol. The summed E-state index contributed by atoms with van der Waals surface area (Å²) in [5.74, 6) is 1.45. The molecule has 0 radical (unpaired) electrons. The Morgan fingerprint density at radius 3 is 2.82 bits per heavy atom. The molecule has 0 spiro atoms. The molecule has 4 heterocycles. The fraction of sp³-hybridized carbons (Fsp3) is 0.400. The third-order valence-corrected chi connectivity index (χ3v) is 5.55. The second kappa shape index (κ2) is 6.78. The lowest BCUT2D eigenvalue weighted by Crippen LogP contribution is -2.48. The molecule has 1 unspecified atom stereocenters. The smallest absolute Gasteiger partial charge is 0.329 e. The van der Waals surface area contributed by atoms with Crippen LogP contribution in [0.25, 0.3) is 0 Å². The summed E-state index contributed by atoms with van der Waals surface area (Å²) in [5.41, 5.74) is 1.24. The number of nitrogens with one attached hydrogen (secondary N) is 2. The number of rotatable bonds is 4. The highest BCUT2D eigenvalue weighted by molar-refractivity contribution is 6.05. The SMILES string of the molecule is O=C(NCC1CC1)c1ccc2c(n1)N(C(=O)Nc1ccccn1)C1CCN2C1. The summed E-state index contributed by atoms with van der Waals surface area (Å²) in [7, 11) is 0. The Labute approximate surface area is 163 Å². The minimum Gasteiger partial charge on any atom is -0.366 e. The Balaban J connectivity index is 1.43. The van der Waals surface area contributed by atoms with E-state index in [2.05, 4.69) is 25.5 Å². The van der Waals surface area contributed by atoms with E-state index in [1.165, 1.54) is 12.8 Å². The molecule has 28 heavy (non-hydrogen) atoms. The molecule has 8 heteroatoms. The molecule has 8 nitrogen and oxygen atoms in total. The molecular formula is C20H22N6O2. The van der Waals surface area contributed by atoms with E-state index in [-0.39, 0.29) is 18.0 Å². The van der Waals surface area contributed by atoms with Gasteiger partial charge < -0.3 is 10.2 Å². The van der Waals surface area contributed by atoms with Crippen LogP contribution in [0, 0.1) is 5.92 Å². The second-order valence-corrected chi connectivity index (χ2v) is 7.60. The minimum atomic E-state index is -0.269. The summed E-state index contributed by atoms with van der Waals surface area (Å²) >= 11 is 0. The van der Waals surface area contributed by atoms with Crippen molar-refractivity contribution in [3.8, 4) is 0 Å². The molecule has 1 saturated heterocycles. The average Bonchev–Trinajstić information content (AvgIpc) is 3.46. The van der Waals surface area contributed by atoms with Gasteiger partial charge in [-0.05, 0) is 49.4 Å². The molecule has 2 aromatic rings. The number of nitrogens with zero attached hydrogens (tertiary/aromatic N) is 4. The first-order valence-corrected chi connectivity index (χ1v) is 9.74. The van der Waals surface area contributed by atoms with Crippen LogP contribution in [0.5, 0.6) is 0 Å².